The third-order valence-electron chi connectivity index (χ3n) is 4.61. The quantitative estimate of drug-likeness (QED) is 0.743. The van der Waals surface area contributed by atoms with Crippen LogP contribution in [0.1, 0.15) is 24.8 Å². The van der Waals surface area contributed by atoms with Crippen molar-refractivity contribution in [2.24, 2.45) is 0 Å². The van der Waals surface area contributed by atoms with Crippen molar-refractivity contribution < 1.29 is 9.18 Å². The van der Waals surface area contributed by atoms with Crippen molar-refractivity contribution in [2.45, 2.75) is 36.7 Å². The number of carbonyl (C=O) groups excluding carboxylic acids is 1. The summed E-state index contributed by atoms with van der Waals surface area (Å²) in [7, 11) is 0. The van der Waals surface area contributed by atoms with Crippen LogP contribution in [0.4, 0.5) is 4.39 Å². The summed E-state index contributed by atoms with van der Waals surface area (Å²) in [5.41, 5.74) is 1.34. The number of hydrogen-bond acceptors (Lipinski definition) is 3. The van der Waals surface area contributed by atoms with E-state index in [1.165, 1.54) is 17.7 Å². The molecule has 3 nitrogen and oxygen atoms in total. The third kappa shape index (κ3) is 6.15. The largest absolute Gasteiger partial charge is 0.353 e. The summed E-state index contributed by atoms with van der Waals surface area (Å²) in [5, 5.41) is 3.16. The third-order valence-corrected chi connectivity index (χ3v) is 5.63. The number of rotatable bonds is 7. The SMILES string of the molecule is O=C(CCSc1ccc(F)cc1)NC1CCN(Cc2ccccc2)CC1. The molecule has 1 aliphatic rings. The van der Waals surface area contributed by atoms with E-state index in [-0.39, 0.29) is 17.8 Å². The minimum Gasteiger partial charge on any atom is -0.353 e. The zero-order chi connectivity index (χ0) is 18.2. The van der Waals surface area contributed by atoms with Crippen LogP contribution in [0.25, 0.3) is 0 Å². The van der Waals surface area contributed by atoms with Gasteiger partial charge in [-0.1, -0.05) is 30.3 Å². The Kier molecular flexibility index (Phi) is 7.09. The summed E-state index contributed by atoms with van der Waals surface area (Å²) in [6.45, 7) is 3.02. The maximum absolute atomic E-state index is 12.9. The molecule has 0 aliphatic carbocycles. The number of hydrogen-bond donors (Lipinski definition) is 1. The van der Waals surface area contributed by atoms with Crippen LogP contribution >= 0.6 is 11.8 Å². The van der Waals surface area contributed by atoms with Crippen LogP contribution < -0.4 is 5.32 Å². The molecule has 1 aliphatic heterocycles. The van der Waals surface area contributed by atoms with Gasteiger partial charge in [0.15, 0.2) is 0 Å². The van der Waals surface area contributed by atoms with E-state index in [1.807, 2.05) is 6.07 Å². The van der Waals surface area contributed by atoms with Crippen molar-refractivity contribution in [3.63, 3.8) is 0 Å². The van der Waals surface area contributed by atoms with E-state index in [2.05, 4.69) is 34.5 Å². The summed E-state index contributed by atoms with van der Waals surface area (Å²) in [4.78, 5) is 15.6. The zero-order valence-corrected chi connectivity index (χ0v) is 15.7. The minimum absolute atomic E-state index is 0.112. The van der Waals surface area contributed by atoms with Gasteiger partial charge in [-0.2, -0.15) is 0 Å². The molecule has 0 unspecified atom stereocenters. The van der Waals surface area contributed by atoms with Gasteiger partial charge in [-0.15, -0.1) is 11.8 Å². The first kappa shape index (κ1) is 18.9. The second kappa shape index (κ2) is 9.74. The highest BCUT2D eigenvalue weighted by molar-refractivity contribution is 7.99. The minimum atomic E-state index is -0.231. The van der Waals surface area contributed by atoms with Crippen molar-refractivity contribution in [1.82, 2.24) is 10.2 Å². The highest BCUT2D eigenvalue weighted by atomic mass is 32.2. The Morgan fingerprint density at radius 3 is 2.46 bits per heavy atom. The van der Waals surface area contributed by atoms with Crippen molar-refractivity contribution in [3.8, 4) is 0 Å². The number of piperidine rings is 1. The van der Waals surface area contributed by atoms with Crippen molar-refractivity contribution in [1.29, 1.82) is 0 Å². The van der Waals surface area contributed by atoms with Gasteiger partial charge in [0.05, 0.1) is 0 Å². The lowest BCUT2D eigenvalue weighted by molar-refractivity contribution is -0.121. The van der Waals surface area contributed by atoms with Gasteiger partial charge >= 0.3 is 0 Å². The molecule has 1 N–H and O–H groups in total. The van der Waals surface area contributed by atoms with Gasteiger partial charge in [-0.25, -0.2) is 4.39 Å². The first-order chi connectivity index (χ1) is 12.7. The van der Waals surface area contributed by atoms with Crippen LogP contribution in [0.2, 0.25) is 0 Å². The van der Waals surface area contributed by atoms with E-state index in [0.717, 1.165) is 37.4 Å². The fourth-order valence-corrected chi connectivity index (χ4v) is 4.02. The van der Waals surface area contributed by atoms with Crippen LogP contribution in [-0.4, -0.2) is 35.7 Å². The highest BCUT2D eigenvalue weighted by Gasteiger charge is 2.20. The van der Waals surface area contributed by atoms with E-state index < -0.39 is 0 Å². The summed E-state index contributed by atoms with van der Waals surface area (Å²) < 4.78 is 12.9. The molecule has 1 fully saturated rings. The molecule has 1 saturated heterocycles. The second-order valence-electron chi connectivity index (χ2n) is 6.66. The zero-order valence-electron chi connectivity index (χ0n) is 14.9. The van der Waals surface area contributed by atoms with Crippen molar-refractivity contribution >= 4 is 17.7 Å². The number of halogens is 1. The maximum Gasteiger partial charge on any atom is 0.221 e. The Hall–Kier alpha value is -1.85. The monoisotopic (exact) mass is 372 g/mol. The first-order valence-electron chi connectivity index (χ1n) is 9.13. The fraction of sp³-hybridized carbons (Fsp3) is 0.381. The predicted molar refractivity (Wildman–Crippen MR) is 105 cm³/mol. The molecule has 3 rings (SSSR count). The second-order valence-corrected chi connectivity index (χ2v) is 7.82. The molecule has 0 radical (unpaired) electrons. The van der Waals surface area contributed by atoms with Gasteiger partial charge < -0.3 is 5.32 Å². The van der Waals surface area contributed by atoms with Crippen LogP contribution in [0.5, 0.6) is 0 Å². The molecule has 26 heavy (non-hydrogen) atoms. The summed E-state index contributed by atoms with van der Waals surface area (Å²) in [5.74, 6) is 0.594. The molecule has 2 aromatic rings. The molecular weight excluding hydrogens is 347 g/mol. The number of nitrogens with zero attached hydrogens (tertiary/aromatic N) is 1. The normalized spacial score (nSPS) is 15.7. The van der Waals surface area contributed by atoms with E-state index >= 15 is 0 Å². The Morgan fingerprint density at radius 2 is 1.77 bits per heavy atom. The molecular formula is C21H25FN2OS. The van der Waals surface area contributed by atoms with E-state index in [9.17, 15) is 9.18 Å². The summed E-state index contributed by atoms with van der Waals surface area (Å²) >= 11 is 1.59. The van der Waals surface area contributed by atoms with Gasteiger partial charge in [-0.3, -0.25) is 9.69 Å². The van der Waals surface area contributed by atoms with E-state index in [4.69, 9.17) is 0 Å². The number of likely N-dealkylation sites (tertiary alicyclic amines) is 1. The van der Waals surface area contributed by atoms with Gasteiger partial charge in [-0.05, 0) is 42.7 Å². The Bertz CT molecular complexity index is 685. The van der Waals surface area contributed by atoms with Gasteiger partial charge in [0, 0.05) is 42.7 Å². The van der Waals surface area contributed by atoms with Crippen molar-refractivity contribution in [2.75, 3.05) is 18.8 Å². The average Bonchev–Trinajstić information content (AvgIpc) is 2.66. The maximum atomic E-state index is 12.9. The Morgan fingerprint density at radius 1 is 1.08 bits per heavy atom. The lowest BCUT2D eigenvalue weighted by Gasteiger charge is -2.32. The molecule has 138 valence electrons. The topological polar surface area (TPSA) is 32.3 Å². The van der Waals surface area contributed by atoms with Crippen molar-refractivity contribution in [3.05, 3.63) is 66.0 Å². The molecule has 1 heterocycles. The summed E-state index contributed by atoms with van der Waals surface area (Å²) in [6, 6.07) is 17.2. The van der Waals surface area contributed by atoms with E-state index in [0.29, 0.717) is 12.2 Å². The number of amides is 1. The van der Waals surface area contributed by atoms with Gasteiger partial charge in [0.1, 0.15) is 5.82 Å². The Balaban J connectivity index is 1.32. The number of thioether (sulfide) groups is 1. The lowest BCUT2D eigenvalue weighted by Crippen LogP contribution is -2.44. The van der Waals surface area contributed by atoms with Gasteiger partial charge in [0.25, 0.3) is 0 Å². The predicted octanol–water partition coefficient (Wildman–Crippen LogP) is 4.09. The van der Waals surface area contributed by atoms with Crippen LogP contribution in [-0.2, 0) is 11.3 Å². The highest BCUT2D eigenvalue weighted by Crippen LogP contribution is 2.19. The van der Waals surface area contributed by atoms with E-state index in [1.54, 1.807) is 23.9 Å². The van der Waals surface area contributed by atoms with Crippen LogP contribution in [0, 0.1) is 5.82 Å². The molecule has 0 atom stereocenters. The lowest BCUT2D eigenvalue weighted by atomic mass is 10.0. The summed E-state index contributed by atoms with van der Waals surface area (Å²) in [6.07, 6.45) is 2.50. The van der Waals surface area contributed by atoms with Crippen LogP contribution in [0.15, 0.2) is 59.5 Å². The molecule has 0 spiro atoms. The number of nitrogens with one attached hydrogen (secondary N) is 1. The fourth-order valence-electron chi connectivity index (χ4n) is 3.17. The molecule has 0 saturated carbocycles. The molecule has 5 heteroatoms. The molecule has 0 aromatic heterocycles. The smallest absolute Gasteiger partial charge is 0.221 e. The average molecular weight is 373 g/mol. The van der Waals surface area contributed by atoms with Crippen LogP contribution in [0.3, 0.4) is 0 Å². The standard InChI is InChI=1S/C21H25FN2OS/c22-18-6-8-20(9-7-18)26-15-12-21(25)23-19-10-13-24(14-11-19)16-17-4-2-1-3-5-17/h1-9,19H,10-16H2,(H,23,25). The van der Waals surface area contributed by atoms with Gasteiger partial charge in [0.2, 0.25) is 5.91 Å². The number of carbonyl (C=O) groups is 1. The molecule has 2 aromatic carbocycles. The molecule has 1 amide bonds. The first-order valence-corrected chi connectivity index (χ1v) is 10.1. The number of benzene rings is 2. The molecule has 0 bridgehead atoms. The Labute approximate surface area is 159 Å².